The molecular formula is C14H9BrClNO4. The Bertz CT molecular complexity index is 733. The quantitative estimate of drug-likeness (QED) is 0.768. The Morgan fingerprint density at radius 1 is 1.14 bits per heavy atom. The van der Waals surface area contributed by atoms with Crippen molar-refractivity contribution in [1.82, 2.24) is 0 Å². The Morgan fingerprint density at radius 3 is 2.48 bits per heavy atom. The Labute approximate surface area is 133 Å². The highest BCUT2D eigenvalue weighted by Crippen LogP contribution is 2.28. The lowest BCUT2D eigenvalue weighted by molar-refractivity contribution is 0.0698. The minimum atomic E-state index is -1.21. The van der Waals surface area contributed by atoms with Gasteiger partial charge in [0.25, 0.3) is 5.91 Å². The molecule has 1 amide bonds. The van der Waals surface area contributed by atoms with Gasteiger partial charge in [0.05, 0.1) is 21.8 Å². The number of para-hydroxylation sites is 1. The summed E-state index contributed by atoms with van der Waals surface area (Å²) in [6.07, 6.45) is 0. The average molecular weight is 371 g/mol. The van der Waals surface area contributed by atoms with Crippen LogP contribution in [0.4, 0.5) is 5.69 Å². The number of carboxylic acid groups (broad SMARTS) is 1. The zero-order chi connectivity index (χ0) is 15.6. The van der Waals surface area contributed by atoms with Crippen molar-refractivity contribution in [3.8, 4) is 5.75 Å². The molecule has 0 atom stereocenters. The maximum absolute atomic E-state index is 12.1. The van der Waals surface area contributed by atoms with Crippen LogP contribution < -0.4 is 5.32 Å². The fraction of sp³-hybridized carbons (Fsp3) is 0. The zero-order valence-corrected chi connectivity index (χ0v) is 12.8. The molecule has 5 nitrogen and oxygen atoms in total. The number of anilines is 1. The molecule has 0 aliphatic rings. The van der Waals surface area contributed by atoms with Gasteiger partial charge in [-0.1, -0.05) is 33.6 Å². The van der Waals surface area contributed by atoms with Crippen molar-refractivity contribution in [2.75, 3.05) is 5.32 Å². The van der Waals surface area contributed by atoms with Gasteiger partial charge in [0.15, 0.2) is 0 Å². The van der Waals surface area contributed by atoms with E-state index in [1.807, 2.05) is 0 Å². The van der Waals surface area contributed by atoms with Crippen molar-refractivity contribution in [1.29, 1.82) is 0 Å². The van der Waals surface area contributed by atoms with E-state index in [4.69, 9.17) is 16.7 Å². The molecule has 108 valence electrons. The van der Waals surface area contributed by atoms with E-state index in [-0.39, 0.29) is 27.6 Å². The number of amides is 1. The molecule has 2 aromatic rings. The molecule has 2 rings (SSSR count). The van der Waals surface area contributed by atoms with Crippen molar-refractivity contribution in [2.45, 2.75) is 0 Å². The van der Waals surface area contributed by atoms with Crippen LogP contribution in [0.3, 0.4) is 0 Å². The number of phenolic OH excluding ortho intramolecular Hbond substituents is 1. The van der Waals surface area contributed by atoms with Crippen LogP contribution >= 0.6 is 27.5 Å². The highest BCUT2D eigenvalue weighted by molar-refractivity contribution is 9.10. The first-order valence-electron chi connectivity index (χ1n) is 5.72. The average Bonchev–Trinajstić information content (AvgIpc) is 2.40. The van der Waals surface area contributed by atoms with E-state index in [2.05, 4.69) is 21.2 Å². The van der Waals surface area contributed by atoms with Crippen molar-refractivity contribution >= 4 is 45.1 Å². The molecule has 3 N–H and O–H groups in total. The van der Waals surface area contributed by atoms with Gasteiger partial charge in [-0.25, -0.2) is 4.79 Å². The number of halogens is 2. The number of rotatable bonds is 3. The molecule has 0 spiro atoms. The molecular weight excluding hydrogens is 362 g/mol. The molecule has 0 saturated heterocycles. The number of hydrogen-bond donors (Lipinski definition) is 3. The van der Waals surface area contributed by atoms with Gasteiger partial charge in [0.1, 0.15) is 5.75 Å². The number of benzene rings is 2. The number of phenols is 1. The predicted molar refractivity (Wildman–Crippen MR) is 82.2 cm³/mol. The summed E-state index contributed by atoms with van der Waals surface area (Å²) < 4.78 is 0.612. The predicted octanol–water partition coefficient (Wildman–Crippen LogP) is 3.76. The van der Waals surface area contributed by atoms with E-state index in [0.717, 1.165) is 0 Å². The Kier molecular flexibility index (Phi) is 4.50. The molecule has 0 saturated carbocycles. The van der Waals surface area contributed by atoms with Gasteiger partial charge in [-0.3, -0.25) is 4.79 Å². The third-order valence-corrected chi connectivity index (χ3v) is 3.50. The second-order valence-electron chi connectivity index (χ2n) is 4.08. The van der Waals surface area contributed by atoms with Crippen molar-refractivity contribution in [2.24, 2.45) is 0 Å². The van der Waals surface area contributed by atoms with Gasteiger partial charge in [-0.15, -0.1) is 0 Å². The van der Waals surface area contributed by atoms with Gasteiger partial charge in [0, 0.05) is 4.47 Å². The minimum absolute atomic E-state index is 0.00876. The summed E-state index contributed by atoms with van der Waals surface area (Å²) in [5.74, 6) is -2.10. The lowest BCUT2D eigenvalue weighted by Gasteiger charge is -2.11. The van der Waals surface area contributed by atoms with E-state index < -0.39 is 11.9 Å². The fourth-order valence-corrected chi connectivity index (χ4v) is 2.28. The first kappa shape index (κ1) is 15.3. The van der Waals surface area contributed by atoms with E-state index in [0.29, 0.717) is 4.47 Å². The monoisotopic (exact) mass is 369 g/mol. The SMILES string of the molecule is O=C(Nc1c(Cl)cccc1C(=O)O)c1ccc(Br)cc1O. The summed E-state index contributed by atoms with van der Waals surface area (Å²) in [5, 5.41) is 21.4. The summed E-state index contributed by atoms with van der Waals surface area (Å²) in [4.78, 5) is 23.3. The van der Waals surface area contributed by atoms with Gasteiger partial charge in [-0.2, -0.15) is 0 Å². The number of carboxylic acids is 1. The number of nitrogens with one attached hydrogen (secondary N) is 1. The molecule has 0 radical (unpaired) electrons. The maximum Gasteiger partial charge on any atom is 0.337 e. The van der Waals surface area contributed by atoms with Crippen molar-refractivity contribution in [3.63, 3.8) is 0 Å². The first-order chi connectivity index (χ1) is 9.90. The van der Waals surface area contributed by atoms with E-state index >= 15 is 0 Å². The van der Waals surface area contributed by atoms with E-state index in [1.165, 1.54) is 30.3 Å². The molecule has 0 unspecified atom stereocenters. The van der Waals surface area contributed by atoms with E-state index in [9.17, 15) is 14.7 Å². The molecule has 21 heavy (non-hydrogen) atoms. The number of aromatic carboxylic acids is 1. The molecule has 0 fully saturated rings. The van der Waals surface area contributed by atoms with Crippen molar-refractivity contribution in [3.05, 3.63) is 57.0 Å². The highest BCUT2D eigenvalue weighted by atomic mass is 79.9. The lowest BCUT2D eigenvalue weighted by Crippen LogP contribution is -2.15. The minimum Gasteiger partial charge on any atom is -0.507 e. The summed E-state index contributed by atoms with van der Waals surface area (Å²) in [6, 6.07) is 8.61. The number of hydrogen-bond acceptors (Lipinski definition) is 3. The van der Waals surface area contributed by atoms with Gasteiger partial charge < -0.3 is 15.5 Å². The third-order valence-electron chi connectivity index (χ3n) is 2.69. The summed E-state index contributed by atoms with van der Waals surface area (Å²) in [6.45, 7) is 0. The van der Waals surface area contributed by atoms with Gasteiger partial charge in [0.2, 0.25) is 0 Å². The highest BCUT2D eigenvalue weighted by Gasteiger charge is 2.18. The van der Waals surface area contributed by atoms with Crippen LogP contribution in [0.1, 0.15) is 20.7 Å². The second-order valence-corrected chi connectivity index (χ2v) is 5.41. The molecule has 0 aliphatic carbocycles. The standard InChI is InChI=1S/C14H9BrClNO4/c15-7-4-5-8(11(18)6-7)13(19)17-12-9(14(20)21)2-1-3-10(12)16/h1-6,18H,(H,17,19)(H,20,21). The first-order valence-corrected chi connectivity index (χ1v) is 6.89. The Hall–Kier alpha value is -2.05. The summed E-state index contributed by atoms with van der Waals surface area (Å²) >= 11 is 9.09. The van der Waals surface area contributed by atoms with Gasteiger partial charge >= 0.3 is 5.97 Å². The van der Waals surface area contributed by atoms with Gasteiger partial charge in [-0.05, 0) is 30.3 Å². The fourth-order valence-electron chi connectivity index (χ4n) is 1.71. The third kappa shape index (κ3) is 3.34. The maximum atomic E-state index is 12.1. The molecule has 0 aliphatic heterocycles. The number of aromatic hydroxyl groups is 1. The van der Waals surface area contributed by atoms with Crippen LogP contribution in [0.5, 0.6) is 5.75 Å². The molecule has 2 aromatic carbocycles. The van der Waals surface area contributed by atoms with Crippen molar-refractivity contribution < 1.29 is 19.8 Å². The zero-order valence-electron chi connectivity index (χ0n) is 10.4. The van der Waals surface area contributed by atoms with Crippen LogP contribution in [0.2, 0.25) is 5.02 Å². The summed E-state index contributed by atoms with van der Waals surface area (Å²) in [7, 11) is 0. The lowest BCUT2D eigenvalue weighted by atomic mass is 10.1. The largest absolute Gasteiger partial charge is 0.507 e. The Morgan fingerprint density at radius 2 is 1.86 bits per heavy atom. The topological polar surface area (TPSA) is 86.6 Å². The smallest absolute Gasteiger partial charge is 0.337 e. The van der Waals surface area contributed by atoms with Crippen LogP contribution in [-0.4, -0.2) is 22.1 Å². The van der Waals surface area contributed by atoms with Crippen LogP contribution in [0.25, 0.3) is 0 Å². The van der Waals surface area contributed by atoms with E-state index in [1.54, 1.807) is 6.07 Å². The van der Waals surface area contributed by atoms with Crippen LogP contribution in [-0.2, 0) is 0 Å². The number of carbonyl (C=O) groups excluding carboxylic acids is 1. The summed E-state index contributed by atoms with van der Waals surface area (Å²) in [5.41, 5.74) is -0.138. The number of carbonyl (C=O) groups is 2. The molecule has 0 bridgehead atoms. The molecule has 7 heteroatoms. The van der Waals surface area contributed by atoms with Crippen LogP contribution in [0, 0.1) is 0 Å². The normalized spacial score (nSPS) is 10.2. The second kappa shape index (κ2) is 6.15. The Balaban J connectivity index is 2.38. The van der Waals surface area contributed by atoms with Crippen LogP contribution in [0.15, 0.2) is 40.9 Å². The molecule has 0 aromatic heterocycles. The molecule has 0 heterocycles.